The molecule has 2 N–H and O–H groups in total. The molecule has 9 heteroatoms. The Labute approximate surface area is 204 Å². The van der Waals surface area contributed by atoms with Crippen LogP contribution in [0.2, 0.25) is 0 Å². The van der Waals surface area contributed by atoms with Gasteiger partial charge in [0.25, 0.3) is 11.8 Å². The van der Waals surface area contributed by atoms with Gasteiger partial charge in [-0.25, -0.2) is 4.79 Å². The molecular formula is C26H30N4O5. The smallest absolute Gasteiger partial charge is 0.321 e. The summed E-state index contributed by atoms with van der Waals surface area (Å²) in [7, 11) is 1.56. The molecule has 184 valence electrons. The average molecular weight is 479 g/mol. The molecule has 2 heterocycles. The molecule has 0 spiro atoms. The number of anilines is 1. The van der Waals surface area contributed by atoms with E-state index in [0.29, 0.717) is 54.5 Å². The third kappa shape index (κ3) is 5.62. The first kappa shape index (κ1) is 24.3. The molecule has 35 heavy (non-hydrogen) atoms. The Kier molecular flexibility index (Phi) is 7.64. The number of ether oxygens (including phenoxy) is 1. The quantitative estimate of drug-likeness (QED) is 0.567. The largest absolute Gasteiger partial charge is 0.495 e. The molecule has 9 nitrogen and oxygen atoms in total. The van der Waals surface area contributed by atoms with Crippen LogP contribution in [0.4, 0.5) is 10.5 Å². The van der Waals surface area contributed by atoms with Crippen LogP contribution in [0.15, 0.2) is 48.5 Å². The highest BCUT2D eigenvalue weighted by Crippen LogP contribution is 2.25. The summed E-state index contributed by atoms with van der Waals surface area (Å²) in [5.41, 5.74) is 1.48. The van der Waals surface area contributed by atoms with Crippen LogP contribution in [0.3, 0.4) is 0 Å². The van der Waals surface area contributed by atoms with Gasteiger partial charge >= 0.3 is 6.03 Å². The summed E-state index contributed by atoms with van der Waals surface area (Å²) in [5.74, 6) is 0.213. The van der Waals surface area contributed by atoms with E-state index in [1.165, 1.54) is 4.90 Å². The number of carbonyl (C=O) groups is 4. The van der Waals surface area contributed by atoms with Gasteiger partial charge in [0, 0.05) is 32.6 Å². The Morgan fingerprint density at radius 2 is 1.60 bits per heavy atom. The number of methoxy groups -OCH3 is 1. The summed E-state index contributed by atoms with van der Waals surface area (Å²) in [6, 6.07) is 13.9. The van der Waals surface area contributed by atoms with E-state index in [0.717, 1.165) is 12.8 Å². The van der Waals surface area contributed by atoms with Crippen LogP contribution >= 0.6 is 0 Å². The molecule has 4 rings (SSSR count). The number of carbonyl (C=O) groups excluding carboxylic acids is 4. The number of hydrogen-bond donors (Lipinski definition) is 2. The molecule has 0 unspecified atom stereocenters. The van der Waals surface area contributed by atoms with E-state index in [-0.39, 0.29) is 36.7 Å². The summed E-state index contributed by atoms with van der Waals surface area (Å²) in [6.07, 6.45) is 2.26. The predicted molar refractivity (Wildman–Crippen MR) is 130 cm³/mol. The highest BCUT2D eigenvalue weighted by molar-refractivity contribution is 6.21. The lowest BCUT2D eigenvalue weighted by molar-refractivity contribution is -0.121. The van der Waals surface area contributed by atoms with Crippen LogP contribution in [-0.4, -0.2) is 66.8 Å². The molecule has 0 bridgehead atoms. The Morgan fingerprint density at radius 3 is 2.26 bits per heavy atom. The van der Waals surface area contributed by atoms with Gasteiger partial charge in [0.15, 0.2) is 0 Å². The Morgan fingerprint density at radius 1 is 0.971 bits per heavy atom. The van der Waals surface area contributed by atoms with Gasteiger partial charge in [0.1, 0.15) is 5.75 Å². The van der Waals surface area contributed by atoms with Crippen molar-refractivity contribution in [1.29, 1.82) is 0 Å². The lowest BCUT2D eigenvalue weighted by atomic mass is 9.97. The molecule has 2 aromatic carbocycles. The van der Waals surface area contributed by atoms with Gasteiger partial charge in [-0.2, -0.15) is 0 Å². The number of nitrogens with zero attached hydrogens (tertiary/aromatic N) is 2. The number of fused-ring (bicyclic) bond motifs is 1. The first-order chi connectivity index (χ1) is 17.0. The summed E-state index contributed by atoms with van der Waals surface area (Å²) in [5, 5.41) is 5.85. The van der Waals surface area contributed by atoms with E-state index in [1.54, 1.807) is 48.4 Å². The normalized spacial score (nSPS) is 15.7. The maximum atomic E-state index is 12.6. The number of nitrogens with one attached hydrogen (secondary N) is 2. The molecule has 0 saturated carbocycles. The van der Waals surface area contributed by atoms with Gasteiger partial charge in [-0.15, -0.1) is 0 Å². The van der Waals surface area contributed by atoms with E-state index in [9.17, 15) is 19.2 Å². The van der Waals surface area contributed by atoms with E-state index in [4.69, 9.17) is 4.74 Å². The number of likely N-dealkylation sites (tertiary alicyclic amines) is 1. The summed E-state index contributed by atoms with van der Waals surface area (Å²) < 4.78 is 5.28. The first-order valence-corrected chi connectivity index (χ1v) is 11.9. The molecular weight excluding hydrogens is 448 g/mol. The summed E-state index contributed by atoms with van der Waals surface area (Å²) >= 11 is 0. The van der Waals surface area contributed by atoms with E-state index in [2.05, 4.69) is 10.6 Å². The monoisotopic (exact) mass is 478 g/mol. The predicted octanol–water partition coefficient (Wildman–Crippen LogP) is 3.13. The Bertz CT molecular complexity index is 1080. The van der Waals surface area contributed by atoms with Gasteiger partial charge in [0.2, 0.25) is 5.91 Å². The average Bonchev–Trinajstić information content (AvgIpc) is 3.13. The zero-order valence-corrected chi connectivity index (χ0v) is 19.8. The van der Waals surface area contributed by atoms with Gasteiger partial charge in [0.05, 0.1) is 23.9 Å². The minimum atomic E-state index is -0.299. The third-order valence-electron chi connectivity index (χ3n) is 6.50. The summed E-state index contributed by atoms with van der Waals surface area (Å²) in [6.45, 7) is 2.00. The van der Waals surface area contributed by atoms with E-state index >= 15 is 0 Å². The number of hydrogen-bond acceptors (Lipinski definition) is 5. The van der Waals surface area contributed by atoms with Crippen molar-refractivity contribution in [2.75, 3.05) is 38.6 Å². The second-order valence-corrected chi connectivity index (χ2v) is 8.78. The van der Waals surface area contributed by atoms with E-state index in [1.807, 2.05) is 12.1 Å². The van der Waals surface area contributed by atoms with Crippen LogP contribution < -0.4 is 15.4 Å². The van der Waals surface area contributed by atoms with E-state index < -0.39 is 0 Å². The SMILES string of the molecule is COc1ccccc1NC(=O)N1CCC(CNC(=O)CCCN2C(=O)c3ccccc3C2=O)CC1. The molecule has 0 aliphatic carbocycles. The van der Waals surface area contributed by atoms with Crippen molar-refractivity contribution < 1.29 is 23.9 Å². The molecule has 0 atom stereocenters. The van der Waals surface area contributed by atoms with Crippen molar-refractivity contribution >= 4 is 29.4 Å². The fourth-order valence-corrected chi connectivity index (χ4v) is 4.47. The number of imide groups is 1. The topological polar surface area (TPSA) is 108 Å². The summed E-state index contributed by atoms with van der Waals surface area (Å²) in [4.78, 5) is 52.6. The number of amides is 5. The number of piperidine rings is 1. The minimum Gasteiger partial charge on any atom is -0.495 e. The molecule has 2 aliphatic rings. The van der Waals surface area contributed by atoms with Crippen LogP contribution in [0.1, 0.15) is 46.4 Å². The highest BCUT2D eigenvalue weighted by atomic mass is 16.5. The molecule has 1 fully saturated rings. The maximum absolute atomic E-state index is 12.6. The van der Waals surface area contributed by atoms with Gasteiger partial charge in [-0.1, -0.05) is 24.3 Å². The lowest BCUT2D eigenvalue weighted by Gasteiger charge is -2.32. The molecule has 2 aliphatic heterocycles. The number of urea groups is 1. The zero-order valence-electron chi connectivity index (χ0n) is 19.8. The second kappa shape index (κ2) is 11.0. The van der Waals surface area contributed by atoms with Crippen LogP contribution in [0, 0.1) is 5.92 Å². The lowest BCUT2D eigenvalue weighted by Crippen LogP contribution is -2.43. The molecule has 0 aromatic heterocycles. The standard InChI is InChI=1S/C26H30N4O5/c1-35-22-10-5-4-9-21(22)28-26(34)29-15-12-18(13-16-29)17-27-23(31)11-6-14-30-24(32)19-7-2-3-8-20(19)25(30)33/h2-5,7-10,18H,6,11-17H2,1H3,(H,27,31)(H,28,34). The van der Waals surface area contributed by atoms with Crippen molar-refractivity contribution in [3.8, 4) is 5.75 Å². The van der Waals surface area contributed by atoms with Crippen LogP contribution in [-0.2, 0) is 4.79 Å². The third-order valence-corrected chi connectivity index (χ3v) is 6.50. The molecule has 0 radical (unpaired) electrons. The Balaban J connectivity index is 1.14. The Hall–Kier alpha value is -3.88. The van der Waals surface area contributed by atoms with Crippen molar-refractivity contribution in [1.82, 2.24) is 15.1 Å². The molecule has 5 amide bonds. The van der Waals surface area contributed by atoms with Crippen LogP contribution in [0.25, 0.3) is 0 Å². The van der Waals surface area contributed by atoms with Gasteiger partial charge < -0.3 is 20.3 Å². The molecule has 1 saturated heterocycles. The van der Waals surface area contributed by atoms with Gasteiger partial charge in [-0.05, 0) is 49.4 Å². The van der Waals surface area contributed by atoms with Crippen molar-refractivity contribution in [3.63, 3.8) is 0 Å². The first-order valence-electron chi connectivity index (χ1n) is 11.9. The fourth-order valence-electron chi connectivity index (χ4n) is 4.47. The number of rotatable bonds is 8. The van der Waals surface area contributed by atoms with Crippen molar-refractivity contribution in [2.45, 2.75) is 25.7 Å². The minimum absolute atomic E-state index is 0.0991. The second-order valence-electron chi connectivity index (χ2n) is 8.78. The highest BCUT2D eigenvalue weighted by Gasteiger charge is 2.34. The maximum Gasteiger partial charge on any atom is 0.321 e. The van der Waals surface area contributed by atoms with Crippen LogP contribution in [0.5, 0.6) is 5.75 Å². The number of para-hydroxylation sites is 2. The molecule has 2 aromatic rings. The number of benzene rings is 2. The van der Waals surface area contributed by atoms with Gasteiger partial charge in [-0.3, -0.25) is 19.3 Å². The van der Waals surface area contributed by atoms with Crippen molar-refractivity contribution in [2.24, 2.45) is 5.92 Å². The zero-order chi connectivity index (χ0) is 24.8. The van der Waals surface area contributed by atoms with Crippen molar-refractivity contribution in [3.05, 3.63) is 59.7 Å². The fraction of sp³-hybridized carbons (Fsp3) is 0.385.